The maximum Gasteiger partial charge on any atom is 0.416 e. The second-order valence-corrected chi connectivity index (χ2v) is 10.4. The minimum atomic E-state index is -4.38. The molecule has 2 aliphatic heterocycles. The fraction of sp³-hybridized carbons (Fsp3) is 0.464. The van der Waals surface area contributed by atoms with Crippen LogP contribution in [-0.4, -0.2) is 46.2 Å². The minimum Gasteiger partial charge on any atom is -0.484 e. The maximum atomic E-state index is 13.2. The Bertz CT molecular complexity index is 1460. The van der Waals surface area contributed by atoms with Crippen molar-refractivity contribution in [1.82, 2.24) is 14.5 Å². The maximum absolute atomic E-state index is 13.2. The van der Waals surface area contributed by atoms with Gasteiger partial charge in [-0.15, -0.1) is 0 Å². The quantitative estimate of drug-likeness (QED) is 0.483. The molecule has 0 spiro atoms. The van der Waals surface area contributed by atoms with E-state index in [0.717, 1.165) is 24.1 Å². The predicted molar refractivity (Wildman–Crippen MR) is 138 cm³/mol. The molecular weight excluding hydrogens is 495 g/mol. The SMILES string of the molecule is CC[C@@H]1CN2c3c(c(=O)n(C)c4ccc(C#N)nc34)OC[C@@H]2CN1[C@H](c1ccc(C(F)(F)F)cc1)C(C)C. The van der Waals surface area contributed by atoms with E-state index >= 15 is 0 Å². The second-order valence-electron chi connectivity index (χ2n) is 10.4. The van der Waals surface area contributed by atoms with E-state index in [9.17, 15) is 23.2 Å². The lowest BCUT2D eigenvalue weighted by Crippen LogP contribution is -2.62. The fourth-order valence-electron chi connectivity index (χ4n) is 5.93. The van der Waals surface area contributed by atoms with Crippen LogP contribution in [0.4, 0.5) is 18.9 Å². The summed E-state index contributed by atoms with van der Waals surface area (Å²) in [5.41, 5.74) is 1.98. The number of rotatable bonds is 4. The first-order valence-corrected chi connectivity index (χ1v) is 12.8. The summed E-state index contributed by atoms with van der Waals surface area (Å²) in [4.78, 5) is 22.3. The van der Waals surface area contributed by atoms with E-state index in [1.807, 2.05) is 0 Å². The molecule has 0 bridgehead atoms. The monoisotopic (exact) mass is 525 g/mol. The number of hydrogen-bond donors (Lipinski definition) is 0. The molecule has 1 saturated heterocycles. The summed E-state index contributed by atoms with van der Waals surface area (Å²) in [5.74, 6) is 0.391. The van der Waals surface area contributed by atoms with Crippen molar-refractivity contribution in [3.8, 4) is 11.8 Å². The summed E-state index contributed by atoms with van der Waals surface area (Å²) in [5, 5.41) is 9.46. The van der Waals surface area contributed by atoms with Gasteiger partial charge in [0.1, 0.15) is 29.6 Å². The topological polar surface area (TPSA) is 74.4 Å². The third-order valence-electron chi connectivity index (χ3n) is 7.77. The van der Waals surface area contributed by atoms with Gasteiger partial charge in [-0.2, -0.15) is 18.4 Å². The van der Waals surface area contributed by atoms with Crippen molar-refractivity contribution >= 4 is 16.7 Å². The number of nitriles is 1. The van der Waals surface area contributed by atoms with Gasteiger partial charge in [-0.25, -0.2) is 4.98 Å². The summed E-state index contributed by atoms with van der Waals surface area (Å²) in [6, 6.07) is 10.8. The van der Waals surface area contributed by atoms with E-state index in [4.69, 9.17) is 4.74 Å². The van der Waals surface area contributed by atoms with E-state index in [1.165, 1.54) is 4.57 Å². The number of aryl methyl sites for hydroxylation is 1. The van der Waals surface area contributed by atoms with Gasteiger partial charge < -0.3 is 14.2 Å². The van der Waals surface area contributed by atoms with Gasteiger partial charge in [0.25, 0.3) is 5.56 Å². The van der Waals surface area contributed by atoms with Gasteiger partial charge in [0.05, 0.1) is 17.1 Å². The number of anilines is 1. The molecule has 7 nitrogen and oxygen atoms in total. The summed E-state index contributed by atoms with van der Waals surface area (Å²) in [6.45, 7) is 7.77. The first-order chi connectivity index (χ1) is 18.0. The normalized spacial score (nSPS) is 20.6. The average Bonchev–Trinajstić information content (AvgIpc) is 2.90. The van der Waals surface area contributed by atoms with Crippen molar-refractivity contribution in [2.24, 2.45) is 13.0 Å². The number of alkyl halides is 3. The number of benzene rings is 1. The Morgan fingerprint density at radius 3 is 2.47 bits per heavy atom. The Labute approximate surface area is 219 Å². The Morgan fingerprint density at radius 1 is 1.16 bits per heavy atom. The van der Waals surface area contributed by atoms with E-state index in [1.54, 1.807) is 31.3 Å². The molecule has 0 saturated carbocycles. The van der Waals surface area contributed by atoms with Crippen LogP contribution in [0, 0.1) is 17.2 Å². The van der Waals surface area contributed by atoms with Crippen molar-refractivity contribution in [2.75, 3.05) is 24.6 Å². The van der Waals surface area contributed by atoms with Crippen molar-refractivity contribution in [1.29, 1.82) is 5.26 Å². The van der Waals surface area contributed by atoms with Crippen LogP contribution >= 0.6 is 0 Å². The smallest absolute Gasteiger partial charge is 0.416 e. The number of halogens is 3. The van der Waals surface area contributed by atoms with E-state index in [-0.39, 0.29) is 41.0 Å². The van der Waals surface area contributed by atoms with Gasteiger partial charge >= 0.3 is 6.18 Å². The van der Waals surface area contributed by atoms with Crippen molar-refractivity contribution in [2.45, 2.75) is 51.5 Å². The molecule has 0 amide bonds. The molecule has 2 aliphatic rings. The van der Waals surface area contributed by atoms with Crippen LogP contribution in [0.5, 0.6) is 5.75 Å². The van der Waals surface area contributed by atoms with Crippen LogP contribution in [-0.2, 0) is 13.2 Å². The van der Waals surface area contributed by atoms with Crippen LogP contribution in [0.2, 0.25) is 0 Å². The van der Waals surface area contributed by atoms with Crippen LogP contribution in [0.1, 0.15) is 50.1 Å². The lowest BCUT2D eigenvalue weighted by molar-refractivity contribution is -0.137. The first kappa shape index (κ1) is 26.0. The summed E-state index contributed by atoms with van der Waals surface area (Å²) in [7, 11) is 1.66. The minimum absolute atomic E-state index is 0.0742. The number of aromatic nitrogens is 2. The van der Waals surface area contributed by atoms with Gasteiger partial charge in [0.15, 0.2) is 0 Å². The molecular formula is C28H30F3N5O2. The van der Waals surface area contributed by atoms with E-state index < -0.39 is 11.7 Å². The third kappa shape index (κ3) is 4.29. The molecule has 3 atom stereocenters. The van der Waals surface area contributed by atoms with Gasteiger partial charge in [-0.05, 0) is 42.2 Å². The van der Waals surface area contributed by atoms with Crippen LogP contribution < -0.4 is 15.2 Å². The molecule has 5 rings (SSSR count). The molecule has 10 heteroatoms. The Balaban J connectivity index is 1.55. The van der Waals surface area contributed by atoms with Gasteiger partial charge in [-0.3, -0.25) is 9.69 Å². The second kappa shape index (κ2) is 9.62. The van der Waals surface area contributed by atoms with Gasteiger partial charge in [0, 0.05) is 32.2 Å². The molecule has 1 fully saturated rings. The van der Waals surface area contributed by atoms with Crippen molar-refractivity contribution in [3.63, 3.8) is 0 Å². The largest absolute Gasteiger partial charge is 0.484 e. The third-order valence-corrected chi connectivity index (χ3v) is 7.77. The molecule has 4 heterocycles. The molecule has 0 unspecified atom stereocenters. The summed E-state index contributed by atoms with van der Waals surface area (Å²) >= 11 is 0. The molecule has 0 radical (unpaired) electrons. The van der Waals surface area contributed by atoms with E-state index in [2.05, 4.69) is 41.6 Å². The highest BCUT2D eigenvalue weighted by Crippen LogP contribution is 2.42. The van der Waals surface area contributed by atoms with Gasteiger partial charge in [0.2, 0.25) is 5.75 Å². The zero-order chi connectivity index (χ0) is 27.4. The number of ether oxygens (including phenoxy) is 1. The number of hydrogen-bond acceptors (Lipinski definition) is 6. The highest BCUT2D eigenvalue weighted by molar-refractivity contribution is 5.93. The molecule has 38 heavy (non-hydrogen) atoms. The average molecular weight is 526 g/mol. The molecule has 2 aromatic heterocycles. The standard InChI is InChI=1S/C28H30F3N5O2/c1-5-20-13-36-21(14-35(20)24(16(2)3)17-6-8-18(9-7-17)28(29,30)31)15-38-26-25(36)23-22(34(4)27(26)37)11-10-19(12-32)33-23/h6-11,16,20-21,24H,5,13-15H2,1-4H3/t20-,21+,24+/m1/s1. The lowest BCUT2D eigenvalue weighted by Gasteiger charge is -2.52. The van der Waals surface area contributed by atoms with E-state index in [0.29, 0.717) is 36.4 Å². The van der Waals surface area contributed by atoms with Crippen LogP contribution in [0.15, 0.2) is 41.2 Å². The number of pyridine rings is 2. The Hall–Kier alpha value is -3.58. The lowest BCUT2D eigenvalue weighted by atomic mass is 9.89. The van der Waals surface area contributed by atoms with Crippen LogP contribution in [0.3, 0.4) is 0 Å². The first-order valence-electron chi connectivity index (χ1n) is 12.8. The van der Waals surface area contributed by atoms with Crippen molar-refractivity contribution in [3.05, 3.63) is 63.6 Å². The van der Waals surface area contributed by atoms with Crippen molar-refractivity contribution < 1.29 is 17.9 Å². The molecule has 1 aromatic carbocycles. The van der Waals surface area contributed by atoms with Crippen LogP contribution in [0.25, 0.3) is 11.0 Å². The Kier molecular flexibility index (Phi) is 6.59. The highest BCUT2D eigenvalue weighted by atomic mass is 19.4. The number of fused-ring (bicyclic) bond motifs is 5. The zero-order valence-corrected chi connectivity index (χ0v) is 21.8. The predicted octanol–water partition coefficient (Wildman–Crippen LogP) is 4.88. The van der Waals surface area contributed by atoms with Gasteiger partial charge in [-0.1, -0.05) is 32.9 Å². The Morgan fingerprint density at radius 2 is 1.87 bits per heavy atom. The summed E-state index contributed by atoms with van der Waals surface area (Å²) < 4.78 is 47.1. The molecule has 0 N–H and O–H groups in total. The number of piperazine rings is 1. The molecule has 200 valence electrons. The highest BCUT2D eigenvalue weighted by Gasteiger charge is 2.43. The zero-order valence-electron chi connectivity index (χ0n) is 21.8. The molecule has 0 aliphatic carbocycles. The fourth-order valence-corrected chi connectivity index (χ4v) is 5.93. The molecule has 3 aromatic rings. The number of nitrogens with zero attached hydrogens (tertiary/aromatic N) is 5. The summed E-state index contributed by atoms with van der Waals surface area (Å²) in [6.07, 6.45) is -3.57.